The molecule has 1 amide bonds. The predicted molar refractivity (Wildman–Crippen MR) is 94.9 cm³/mol. The molecule has 0 saturated carbocycles. The third kappa shape index (κ3) is 4.81. The van der Waals surface area contributed by atoms with Gasteiger partial charge in [0.15, 0.2) is 18.1 Å². The Labute approximate surface area is 155 Å². The van der Waals surface area contributed by atoms with Crippen LogP contribution in [0.25, 0.3) is 11.4 Å². The number of rotatable bonds is 8. The first-order valence-electron chi connectivity index (χ1n) is 8.27. The monoisotopic (exact) mass is 371 g/mol. The number of methoxy groups -OCH3 is 1. The number of nitrogens with zero attached hydrogens (tertiary/aromatic N) is 2. The largest absolute Gasteiger partial charge is 0.493 e. The fourth-order valence-electron chi connectivity index (χ4n) is 2.35. The van der Waals surface area contributed by atoms with E-state index in [4.69, 9.17) is 14.0 Å². The molecule has 2 aromatic carbocycles. The minimum absolute atomic E-state index is 0.148. The van der Waals surface area contributed by atoms with Crippen LogP contribution >= 0.6 is 0 Å². The number of ether oxygens (including phenoxy) is 2. The van der Waals surface area contributed by atoms with E-state index >= 15 is 0 Å². The van der Waals surface area contributed by atoms with Gasteiger partial charge in [-0.2, -0.15) is 4.98 Å². The summed E-state index contributed by atoms with van der Waals surface area (Å²) >= 11 is 0. The Kier molecular flexibility index (Phi) is 5.98. The van der Waals surface area contributed by atoms with Crippen LogP contribution in [-0.4, -0.2) is 36.3 Å². The van der Waals surface area contributed by atoms with Gasteiger partial charge in [-0.1, -0.05) is 29.4 Å². The van der Waals surface area contributed by atoms with E-state index in [0.717, 1.165) is 0 Å². The molecule has 0 spiro atoms. The Morgan fingerprint density at radius 1 is 1.15 bits per heavy atom. The number of benzene rings is 2. The second-order valence-electron chi connectivity index (χ2n) is 5.53. The summed E-state index contributed by atoms with van der Waals surface area (Å²) in [5.74, 6) is 0.799. The lowest BCUT2D eigenvalue weighted by Gasteiger charge is -2.10. The van der Waals surface area contributed by atoms with E-state index < -0.39 is 5.82 Å². The highest BCUT2D eigenvalue weighted by Gasteiger charge is 2.12. The van der Waals surface area contributed by atoms with Crippen molar-refractivity contribution in [2.75, 3.05) is 20.3 Å². The van der Waals surface area contributed by atoms with Crippen LogP contribution in [0.2, 0.25) is 0 Å². The summed E-state index contributed by atoms with van der Waals surface area (Å²) in [7, 11) is 1.53. The van der Waals surface area contributed by atoms with Crippen LogP contribution in [-0.2, 0) is 11.2 Å². The fourth-order valence-corrected chi connectivity index (χ4v) is 2.35. The maximum Gasteiger partial charge on any atom is 0.257 e. The summed E-state index contributed by atoms with van der Waals surface area (Å²) in [6.07, 6.45) is 0.321. The topological polar surface area (TPSA) is 86.5 Å². The average Bonchev–Trinajstić information content (AvgIpc) is 3.15. The number of halogens is 1. The molecule has 0 saturated heterocycles. The van der Waals surface area contributed by atoms with Gasteiger partial charge in [-0.15, -0.1) is 0 Å². The molecule has 0 unspecified atom stereocenters. The molecular weight excluding hydrogens is 353 g/mol. The summed E-state index contributed by atoms with van der Waals surface area (Å²) in [6.45, 7) is 0.137. The molecular formula is C19H18FN3O4. The van der Waals surface area contributed by atoms with Crippen LogP contribution in [0, 0.1) is 5.82 Å². The van der Waals surface area contributed by atoms with Gasteiger partial charge in [0, 0.05) is 13.0 Å². The zero-order chi connectivity index (χ0) is 19.1. The Morgan fingerprint density at radius 2 is 1.89 bits per heavy atom. The smallest absolute Gasteiger partial charge is 0.257 e. The zero-order valence-electron chi connectivity index (χ0n) is 14.6. The molecule has 0 aliphatic heterocycles. The Bertz CT molecular complexity index is 913. The second kappa shape index (κ2) is 8.79. The van der Waals surface area contributed by atoms with Crippen LogP contribution in [0.1, 0.15) is 5.89 Å². The molecule has 0 fully saturated rings. The molecule has 0 atom stereocenters. The SMILES string of the molecule is COc1ccccc1OCC(=O)NCCc1nc(-c2ccccc2F)no1. The third-order valence-electron chi connectivity index (χ3n) is 3.67. The van der Waals surface area contributed by atoms with Gasteiger partial charge in [0.1, 0.15) is 5.82 Å². The van der Waals surface area contributed by atoms with Crippen LogP contribution < -0.4 is 14.8 Å². The number of nitrogens with one attached hydrogen (secondary N) is 1. The van der Waals surface area contributed by atoms with Crippen LogP contribution in [0.3, 0.4) is 0 Å². The van der Waals surface area contributed by atoms with Gasteiger partial charge < -0.3 is 19.3 Å². The summed E-state index contributed by atoms with van der Waals surface area (Å²) in [4.78, 5) is 16.0. The van der Waals surface area contributed by atoms with E-state index in [9.17, 15) is 9.18 Å². The third-order valence-corrected chi connectivity index (χ3v) is 3.67. The van der Waals surface area contributed by atoms with Crippen molar-refractivity contribution >= 4 is 5.91 Å². The number of hydrogen-bond acceptors (Lipinski definition) is 6. The fraction of sp³-hybridized carbons (Fsp3) is 0.211. The van der Waals surface area contributed by atoms with Crippen LogP contribution in [0.15, 0.2) is 53.1 Å². The molecule has 7 nitrogen and oxygen atoms in total. The minimum atomic E-state index is -0.424. The average molecular weight is 371 g/mol. The number of para-hydroxylation sites is 2. The summed E-state index contributed by atoms with van der Waals surface area (Å²) < 4.78 is 29.4. The van der Waals surface area contributed by atoms with E-state index in [2.05, 4.69) is 15.5 Å². The Morgan fingerprint density at radius 3 is 2.67 bits per heavy atom. The van der Waals surface area contributed by atoms with Gasteiger partial charge in [0.2, 0.25) is 11.7 Å². The minimum Gasteiger partial charge on any atom is -0.493 e. The quantitative estimate of drug-likeness (QED) is 0.655. The van der Waals surface area contributed by atoms with Gasteiger partial charge in [-0.3, -0.25) is 4.79 Å². The first kappa shape index (κ1) is 18.4. The highest BCUT2D eigenvalue weighted by molar-refractivity contribution is 5.77. The van der Waals surface area contributed by atoms with Crippen molar-refractivity contribution in [2.24, 2.45) is 0 Å². The Balaban J connectivity index is 1.46. The lowest BCUT2D eigenvalue weighted by molar-refractivity contribution is -0.123. The molecule has 3 rings (SSSR count). The highest BCUT2D eigenvalue weighted by atomic mass is 19.1. The number of aromatic nitrogens is 2. The molecule has 8 heteroatoms. The van der Waals surface area contributed by atoms with Crippen LogP contribution in [0.4, 0.5) is 4.39 Å². The van der Waals surface area contributed by atoms with Crippen molar-refractivity contribution < 1.29 is 23.2 Å². The molecule has 3 aromatic rings. The summed E-state index contributed by atoms with van der Waals surface area (Å²) in [5.41, 5.74) is 0.266. The predicted octanol–water partition coefficient (Wildman–Crippen LogP) is 2.62. The van der Waals surface area contributed by atoms with Gasteiger partial charge in [0.25, 0.3) is 5.91 Å². The van der Waals surface area contributed by atoms with Crippen molar-refractivity contribution in [1.82, 2.24) is 15.5 Å². The van der Waals surface area contributed by atoms with E-state index in [0.29, 0.717) is 23.8 Å². The molecule has 27 heavy (non-hydrogen) atoms. The zero-order valence-corrected chi connectivity index (χ0v) is 14.6. The standard InChI is InChI=1S/C19H18FN3O4/c1-25-15-8-4-5-9-16(15)26-12-17(24)21-11-10-18-22-19(23-27-18)13-6-2-3-7-14(13)20/h2-9H,10-12H2,1H3,(H,21,24). The Hall–Kier alpha value is -3.42. The molecule has 0 aliphatic rings. The van der Waals surface area contributed by atoms with Crippen molar-refractivity contribution in [3.05, 3.63) is 60.2 Å². The normalized spacial score (nSPS) is 10.4. The van der Waals surface area contributed by atoms with Crippen molar-refractivity contribution in [3.63, 3.8) is 0 Å². The van der Waals surface area contributed by atoms with Gasteiger partial charge in [0.05, 0.1) is 12.7 Å². The van der Waals surface area contributed by atoms with Crippen molar-refractivity contribution in [2.45, 2.75) is 6.42 Å². The van der Waals surface area contributed by atoms with E-state index in [-0.39, 0.29) is 30.4 Å². The molecule has 0 radical (unpaired) electrons. The first-order valence-corrected chi connectivity index (χ1v) is 8.27. The lowest BCUT2D eigenvalue weighted by Crippen LogP contribution is -2.30. The first-order chi connectivity index (χ1) is 13.2. The number of amides is 1. The lowest BCUT2D eigenvalue weighted by atomic mass is 10.2. The van der Waals surface area contributed by atoms with Crippen LogP contribution in [0.5, 0.6) is 11.5 Å². The molecule has 140 valence electrons. The van der Waals surface area contributed by atoms with Gasteiger partial charge in [-0.25, -0.2) is 4.39 Å². The van der Waals surface area contributed by atoms with E-state index in [1.54, 1.807) is 36.4 Å². The summed E-state index contributed by atoms with van der Waals surface area (Å²) in [6, 6.07) is 13.2. The maximum absolute atomic E-state index is 13.7. The van der Waals surface area contributed by atoms with Crippen molar-refractivity contribution in [1.29, 1.82) is 0 Å². The van der Waals surface area contributed by atoms with E-state index in [1.165, 1.54) is 13.2 Å². The highest BCUT2D eigenvalue weighted by Crippen LogP contribution is 2.25. The second-order valence-corrected chi connectivity index (χ2v) is 5.53. The van der Waals surface area contributed by atoms with Gasteiger partial charge >= 0.3 is 0 Å². The van der Waals surface area contributed by atoms with Gasteiger partial charge in [-0.05, 0) is 24.3 Å². The number of carbonyl (C=O) groups excluding carboxylic acids is 1. The summed E-state index contributed by atoms with van der Waals surface area (Å²) in [5, 5.41) is 6.46. The molecule has 0 aliphatic carbocycles. The molecule has 0 bridgehead atoms. The maximum atomic E-state index is 13.7. The number of hydrogen-bond donors (Lipinski definition) is 1. The molecule has 1 heterocycles. The molecule has 1 N–H and O–H groups in total. The number of carbonyl (C=O) groups is 1. The molecule has 1 aromatic heterocycles. The van der Waals surface area contributed by atoms with Crippen molar-refractivity contribution in [3.8, 4) is 22.9 Å². The van der Waals surface area contributed by atoms with E-state index in [1.807, 2.05) is 6.07 Å².